The van der Waals surface area contributed by atoms with Gasteiger partial charge in [-0.3, -0.25) is 9.59 Å². The second-order valence-electron chi connectivity index (χ2n) is 8.46. The molecule has 0 atom stereocenters. The fourth-order valence-corrected chi connectivity index (χ4v) is 3.22. The first kappa shape index (κ1) is 22.1. The van der Waals surface area contributed by atoms with Crippen LogP contribution in [-0.4, -0.2) is 34.1 Å². The van der Waals surface area contributed by atoms with Gasteiger partial charge in [-0.05, 0) is 44.5 Å². The van der Waals surface area contributed by atoms with E-state index in [1.165, 1.54) is 15.5 Å². The van der Waals surface area contributed by atoms with E-state index < -0.39 is 11.7 Å². The normalized spacial score (nSPS) is 11.3. The molecule has 3 rings (SSSR count). The molecule has 0 radical (unpaired) electrons. The van der Waals surface area contributed by atoms with Gasteiger partial charge in [0.05, 0.1) is 11.1 Å². The Hall–Kier alpha value is -3.61. The van der Waals surface area contributed by atoms with Crippen molar-refractivity contribution >= 4 is 28.6 Å². The van der Waals surface area contributed by atoms with Crippen LogP contribution in [-0.2, 0) is 18.3 Å². The van der Waals surface area contributed by atoms with Crippen LogP contribution in [0.3, 0.4) is 0 Å². The number of hydrogen-bond donors (Lipinski definition) is 1. The molecule has 31 heavy (non-hydrogen) atoms. The van der Waals surface area contributed by atoms with Crippen molar-refractivity contribution in [3.05, 3.63) is 76.1 Å². The highest BCUT2D eigenvalue weighted by molar-refractivity contribution is 6.12. The predicted octanol–water partition coefficient (Wildman–Crippen LogP) is 4.16. The van der Waals surface area contributed by atoms with Crippen molar-refractivity contribution in [3.63, 3.8) is 0 Å². The molecular weight excluding hydrogens is 394 g/mol. The van der Waals surface area contributed by atoms with Crippen LogP contribution in [0.15, 0.2) is 59.4 Å². The first-order chi connectivity index (χ1) is 14.5. The van der Waals surface area contributed by atoms with Crippen LogP contribution in [0.1, 0.15) is 36.7 Å². The van der Waals surface area contributed by atoms with Gasteiger partial charge in [-0.15, -0.1) is 0 Å². The minimum absolute atomic E-state index is 0.253. The fraction of sp³-hybridized carbons (Fsp3) is 0.292. The van der Waals surface area contributed by atoms with Crippen LogP contribution < -0.4 is 10.9 Å². The van der Waals surface area contributed by atoms with E-state index in [0.29, 0.717) is 28.7 Å². The van der Waals surface area contributed by atoms with Crippen molar-refractivity contribution in [2.24, 2.45) is 7.05 Å². The number of anilines is 1. The van der Waals surface area contributed by atoms with Crippen molar-refractivity contribution in [1.82, 2.24) is 9.47 Å². The molecule has 1 N–H and O–H groups in total. The Bertz CT molecular complexity index is 1190. The molecule has 0 aliphatic heterocycles. The zero-order chi connectivity index (χ0) is 22.8. The van der Waals surface area contributed by atoms with Crippen LogP contribution in [0, 0.1) is 0 Å². The summed E-state index contributed by atoms with van der Waals surface area (Å²) in [6.07, 6.45) is -0.423. The van der Waals surface area contributed by atoms with Gasteiger partial charge < -0.3 is 19.5 Å². The maximum atomic E-state index is 12.9. The number of benzene rings is 2. The molecule has 0 saturated carbocycles. The Morgan fingerprint density at radius 3 is 2.48 bits per heavy atom. The molecule has 0 aliphatic rings. The number of nitrogens with zero attached hydrogens (tertiary/aromatic N) is 2. The number of amides is 2. The monoisotopic (exact) mass is 421 g/mol. The van der Waals surface area contributed by atoms with E-state index in [1.54, 1.807) is 38.4 Å². The summed E-state index contributed by atoms with van der Waals surface area (Å²) >= 11 is 0. The molecule has 0 fully saturated rings. The second-order valence-corrected chi connectivity index (χ2v) is 8.46. The maximum Gasteiger partial charge on any atom is 0.410 e. The van der Waals surface area contributed by atoms with Crippen LogP contribution in [0.4, 0.5) is 10.5 Å². The Morgan fingerprint density at radius 2 is 1.77 bits per heavy atom. The van der Waals surface area contributed by atoms with Gasteiger partial charge >= 0.3 is 6.09 Å². The average Bonchev–Trinajstić information content (AvgIpc) is 2.69. The average molecular weight is 421 g/mol. The van der Waals surface area contributed by atoms with E-state index in [0.717, 1.165) is 5.56 Å². The molecular formula is C24H27N3O4. The fourth-order valence-electron chi connectivity index (χ4n) is 3.22. The molecule has 2 amide bonds. The highest BCUT2D eigenvalue weighted by atomic mass is 16.6. The van der Waals surface area contributed by atoms with Crippen molar-refractivity contribution in [2.75, 3.05) is 12.4 Å². The quantitative estimate of drug-likeness (QED) is 0.686. The third-order valence-corrected chi connectivity index (χ3v) is 4.71. The Kier molecular flexibility index (Phi) is 6.15. The van der Waals surface area contributed by atoms with E-state index in [2.05, 4.69) is 5.32 Å². The third-order valence-electron chi connectivity index (χ3n) is 4.71. The molecule has 0 saturated heterocycles. The number of nitrogens with one attached hydrogen (secondary N) is 1. The summed E-state index contributed by atoms with van der Waals surface area (Å²) in [6, 6.07) is 15.8. The molecule has 0 bridgehead atoms. The topological polar surface area (TPSA) is 80.6 Å². The molecule has 0 aliphatic carbocycles. The smallest absolute Gasteiger partial charge is 0.410 e. The van der Waals surface area contributed by atoms with Gasteiger partial charge in [0.1, 0.15) is 5.60 Å². The van der Waals surface area contributed by atoms with Crippen LogP contribution >= 0.6 is 0 Å². The van der Waals surface area contributed by atoms with E-state index in [1.807, 2.05) is 45.0 Å². The first-order valence-corrected chi connectivity index (χ1v) is 9.98. The number of aromatic nitrogens is 1. The van der Waals surface area contributed by atoms with Gasteiger partial charge in [0, 0.05) is 37.8 Å². The SMILES string of the molecule is CN(Cc1cccc(NC(=O)c2cc(=O)n(C)c3ccccc23)c1)C(=O)OC(C)(C)C. The van der Waals surface area contributed by atoms with E-state index in [-0.39, 0.29) is 11.5 Å². The van der Waals surface area contributed by atoms with Crippen molar-refractivity contribution in [2.45, 2.75) is 32.9 Å². The van der Waals surface area contributed by atoms with Crippen molar-refractivity contribution in [1.29, 1.82) is 0 Å². The van der Waals surface area contributed by atoms with Gasteiger partial charge in [0.25, 0.3) is 11.5 Å². The number of pyridine rings is 1. The van der Waals surface area contributed by atoms with Crippen LogP contribution in [0.5, 0.6) is 0 Å². The number of ether oxygens (including phenoxy) is 1. The van der Waals surface area contributed by atoms with E-state index in [9.17, 15) is 14.4 Å². The molecule has 0 spiro atoms. The highest BCUT2D eigenvalue weighted by Gasteiger charge is 2.20. The summed E-state index contributed by atoms with van der Waals surface area (Å²) in [6.45, 7) is 5.77. The lowest BCUT2D eigenvalue weighted by molar-refractivity contribution is 0.0285. The van der Waals surface area contributed by atoms with Gasteiger partial charge in [0.15, 0.2) is 0 Å². The standard InChI is InChI=1S/C24H27N3O4/c1-24(2,3)31-23(30)26(4)15-16-9-8-10-17(13-16)25-22(29)19-14-21(28)27(5)20-12-7-6-11-18(19)20/h6-14H,15H2,1-5H3,(H,25,29). The summed E-state index contributed by atoms with van der Waals surface area (Å²) in [5.41, 5.74) is 1.58. The number of fused-ring (bicyclic) bond motifs is 1. The minimum atomic E-state index is -0.573. The van der Waals surface area contributed by atoms with Gasteiger partial charge in [-0.25, -0.2) is 4.79 Å². The summed E-state index contributed by atoms with van der Waals surface area (Å²) in [4.78, 5) is 38.9. The number of carbonyl (C=O) groups is 2. The molecule has 3 aromatic rings. The lowest BCUT2D eigenvalue weighted by Gasteiger charge is -2.24. The Morgan fingerprint density at radius 1 is 1.06 bits per heavy atom. The number of para-hydroxylation sites is 1. The van der Waals surface area contributed by atoms with Gasteiger partial charge in [-0.2, -0.15) is 0 Å². The molecule has 0 unspecified atom stereocenters. The van der Waals surface area contributed by atoms with Crippen molar-refractivity contribution < 1.29 is 14.3 Å². The minimum Gasteiger partial charge on any atom is -0.444 e. The summed E-state index contributed by atoms with van der Waals surface area (Å²) in [5, 5.41) is 3.55. The summed E-state index contributed by atoms with van der Waals surface area (Å²) in [5.74, 6) is -0.369. The summed E-state index contributed by atoms with van der Waals surface area (Å²) < 4.78 is 6.88. The molecule has 1 aromatic heterocycles. The number of aryl methyl sites for hydroxylation is 1. The van der Waals surface area contributed by atoms with Gasteiger partial charge in [-0.1, -0.05) is 30.3 Å². The van der Waals surface area contributed by atoms with Crippen molar-refractivity contribution in [3.8, 4) is 0 Å². The number of carbonyl (C=O) groups excluding carboxylic acids is 2. The Labute approximate surface area is 181 Å². The lowest BCUT2D eigenvalue weighted by atomic mass is 10.1. The zero-order valence-electron chi connectivity index (χ0n) is 18.4. The maximum absolute atomic E-state index is 12.9. The molecule has 7 heteroatoms. The molecule has 1 heterocycles. The van der Waals surface area contributed by atoms with Crippen LogP contribution in [0.2, 0.25) is 0 Å². The molecule has 7 nitrogen and oxygen atoms in total. The van der Waals surface area contributed by atoms with E-state index in [4.69, 9.17) is 4.74 Å². The summed E-state index contributed by atoms with van der Waals surface area (Å²) in [7, 11) is 3.34. The molecule has 162 valence electrons. The predicted molar refractivity (Wildman–Crippen MR) is 121 cm³/mol. The van der Waals surface area contributed by atoms with Crippen LogP contribution in [0.25, 0.3) is 10.9 Å². The highest BCUT2D eigenvalue weighted by Crippen LogP contribution is 2.19. The zero-order valence-corrected chi connectivity index (χ0v) is 18.4. The largest absolute Gasteiger partial charge is 0.444 e. The second kappa shape index (κ2) is 8.63. The lowest BCUT2D eigenvalue weighted by Crippen LogP contribution is -2.33. The number of hydrogen-bond acceptors (Lipinski definition) is 4. The van der Waals surface area contributed by atoms with E-state index >= 15 is 0 Å². The van der Waals surface area contributed by atoms with Gasteiger partial charge in [0.2, 0.25) is 0 Å². The first-order valence-electron chi connectivity index (χ1n) is 9.98. The number of rotatable bonds is 4. The third kappa shape index (κ3) is 5.31. The Balaban J connectivity index is 1.80. The molecule has 2 aromatic carbocycles.